The Morgan fingerprint density at radius 1 is 1.30 bits per heavy atom. The normalized spacial score (nSPS) is 10.3. The predicted octanol–water partition coefficient (Wildman–Crippen LogP) is 2.03. The molecule has 0 aliphatic carbocycles. The molecule has 0 radical (unpaired) electrons. The smallest absolute Gasteiger partial charge is 0.335 e. The van der Waals surface area contributed by atoms with Crippen molar-refractivity contribution in [2.45, 2.75) is 13.3 Å². The molecule has 0 spiro atoms. The van der Waals surface area contributed by atoms with Crippen molar-refractivity contribution in [3.8, 4) is 6.07 Å². The standard InChI is InChI=1S/C15H21N3O2/c1-4-7-18(9-8-17(2)3)14-6-5-12(15(19)20)10-13(14)11-16/h5-6,10H,4,7-9H2,1-3H3,(H,19,20). The zero-order valence-electron chi connectivity index (χ0n) is 12.3. The number of benzene rings is 1. The van der Waals surface area contributed by atoms with Gasteiger partial charge in [0.25, 0.3) is 0 Å². The lowest BCUT2D eigenvalue weighted by molar-refractivity contribution is 0.0697. The summed E-state index contributed by atoms with van der Waals surface area (Å²) >= 11 is 0. The molecule has 0 aliphatic rings. The molecule has 1 rings (SSSR count). The maximum atomic E-state index is 11.0. The highest BCUT2D eigenvalue weighted by atomic mass is 16.4. The van der Waals surface area contributed by atoms with Gasteiger partial charge in [0.2, 0.25) is 0 Å². The number of likely N-dealkylation sites (N-methyl/N-ethyl adjacent to an activating group) is 1. The van der Waals surface area contributed by atoms with Crippen LogP contribution < -0.4 is 4.90 Å². The fourth-order valence-electron chi connectivity index (χ4n) is 1.98. The molecule has 1 aromatic carbocycles. The van der Waals surface area contributed by atoms with Crippen molar-refractivity contribution in [3.05, 3.63) is 29.3 Å². The van der Waals surface area contributed by atoms with Gasteiger partial charge in [-0.15, -0.1) is 0 Å². The Morgan fingerprint density at radius 2 is 2.00 bits per heavy atom. The van der Waals surface area contributed by atoms with Gasteiger partial charge in [-0.25, -0.2) is 4.79 Å². The Balaban J connectivity index is 3.06. The van der Waals surface area contributed by atoms with Gasteiger partial charge in [-0.1, -0.05) is 6.92 Å². The second-order valence-electron chi connectivity index (χ2n) is 4.94. The molecule has 0 unspecified atom stereocenters. The van der Waals surface area contributed by atoms with E-state index in [4.69, 9.17) is 5.11 Å². The van der Waals surface area contributed by atoms with Crippen molar-refractivity contribution in [3.63, 3.8) is 0 Å². The zero-order valence-corrected chi connectivity index (χ0v) is 12.3. The van der Waals surface area contributed by atoms with E-state index in [2.05, 4.69) is 22.8 Å². The molecule has 0 atom stereocenters. The molecular weight excluding hydrogens is 254 g/mol. The molecule has 0 amide bonds. The number of anilines is 1. The van der Waals surface area contributed by atoms with Crippen LogP contribution in [0.25, 0.3) is 0 Å². The number of carboxylic acids is 1. The van der Waals surface area contributed by atoms with E-state index >= 15 is 0 Å². The summed E-state index contributed by atoms with van der Waals surface area (Å²) in [4.78, 5) is 15.2. The first-order valence-corrected chi connectivity index (χ1v) is 6.66. The van der Waals surface area contributed by atoms with Crippen molar-refractivity contribution < 1.29 is 9.90 Å². The van der Waals surface area contributed by atoms with Crippen LogP contribution in [0.1, 0.15) is 29.3 Å². The van der Waals surface area contributed by atoms with Crippen molar-refractivity contribution >= 4 is 11.7 Å². The zero-order chi connectivity index (χ0) is 15.1. The molecule has 5 heteroatoms. The van der Waals surface area contributed by atoms with E-state index in [1.165, 1.54) is 6.07 Å². The third-order valence-corrected chi connectivity index (χ3v) is 3.02. The van der Waals surface area contributed by atoms with Gasteiger partial charge in [-0.2, -0.15) is 5.26 Å². The summed E-state index contributed by atoms with van der Waals surface area (Å²) in [5, 5.41) is 18.2. The third kappa shape index (κ3) is 4.25. The van der Waals surface area contributed by atoms with E-state index in [0.717, 1.165) is 31.7 Å². The molecule has 0 fully saturated rings. The molecule has 1 N–H and O–H groups in total. The molecule has 0 saturated heterocycles. The number of carbonyl (C=O) groups is 1. The highest BCUT2D eigenvalue weighted by Crippen LogP contribution is 2.22. The highest BCUT2D eigenvalue weighted by molar-refractivity contribution is 5.89. The molecule has 0 heterocycles. The molecule has 0 bridgehead atoms. The van der Waals surface area contributed by atoms with E-state index in [0.29, 0.717) is 5.56 Å². The van der Waals surface area contributed by atoms with Gasteiger partial charge in [-0.05, 0) is 38.7 Å². The van der Waals surface area contributed by atoms with Gasteiger partial charge < -0.3 is 14.9 Å². The molecule has 1 aromatic rings. The topological polar surface area (TPSA) is 67.6 Å². The molecule has 5 nitrogen and oxygen atoms in total. The van der Waals surface area contributed by atoms with E-state index in [1.807, 2.05) is 14.1 Å². The summed E-state index contributed by atoms with van der Waals surface area (Å²) in [6.45, 7) is 4.61. The molecule has 0 aliphatic heterocycles. The first-order chi connectivity index (χ1) is 9.49. The predicted molar refractivity (Wildman–Crippen MR) is 79.2 cm³/mol. The van der Waals surface area contributed by atoms with Crippen LogP contribution >= 0.6 is 0 Å². The Kier molecular flexibility index (Phi) is 6.01. The van der Waals surface area contributed by atoms with Crippen LogP contribution in [0.5, 0.6) is 0 Å². The van der Waals surface area contributed by atoms with Crippen LogP contribution in [0.4, 0.5) is 5.69 Å². The number of hydrogen-bond donors (Lipinski definition) is 1. The highest BCUT2D eigenvalue weighted by Gasteiger charge is 2.13. The Morgan fingerprint density at radius 3 is 2.50 bits per heavy atom. The largest absolute Gasteiger partial charge is 0.478 e. The van der Waals surface area contributed by atoms with Crippen LogP contribution in [-0.2, 0) is 0 Å². The van der Waals surface area contributed by atoms with E-state index < -0.39 is 5.97 Å². The van der Waals surface area contributed by atoms with Crippen LogP contribution in [-0.4, -0.2) is 49.7 Å². The lowest BCUT2D eigenvalue weighted by Gasteiger charge is -2.27. The minimum Gasteiger partial charge on any atom is -0.478 e. The van der Waals surface area contributed by atoms with Crippen LogP contribution in [0.2, 0.25) is 0 Å². The molecule has 0 saturated carbocycles. The van der Waals surface area contributed by atoms with Crippen LogP contribution in [0.3, 0.4) is 0 Å². The van der Waals surface area contributed by atoms with Crippen molar-refractivity contribution in [1.29, 1.82) is 5.26 Å². The third-order valence-electron chi connectivity index (χ3n) is 3.02. The first-order valence-electron chi connectivity index (χ1n) is 6.66. The summed E-state index contributed by atoms with van der Waals surface area (Å²) in [5.74, 6) is -1.01. The monoisotopic (exact) mass is 275 g/mol. The fraction of sp³-hybridized carbons (Fsp3) is 0.467. The van der Waals surface area contributed by atoms with Gasteiger partial charge in [0.15, 0.2) is 0 Å². The fourth-order valence-corrected chi connectivity index (χ4v) is 1.98. The van der Waals surface area contributed by atoms with Crippen molar-refractivity contribution in [2.75, 3.05) is 38.6 Å². The molecule has 0 aromatic heterocycles. The number of aromatic carboxylic acids is 1. The summed E-state index contributed by atoms with van der Waals surface area (Å²) in [6.07, 6.45) is 0.971. The lowest BCUT2D eigenvalue weighted by atomic mass is 10.1. The Hall–Kier alpha value is -2.06. The molecule has 20 heavy (non-hydrogen) atoms. The van der Waals surface area contributed by atoms with Gasteiger partial charge in [0.05, 0.1) is 16.8 Å². The quantitative estimate of drug-likeness (QED) is 0.824. The molecular formula is C15H21N3O2. The summed E-state index contributed by atoms with van der Waals surface area (Å²) < 4.78 is 0. The average molecular weight is 275 g/mol. The maximum Gasteiger partial charge on any atom is 0.335 e. The second-order valence-corrected chi connectivity index (χ2v) is 4.94. The Labute approximate surface area is 120 Å². The minimum atomic E-state index is -1.01. The minimum absolute atomic E-state index is 0.148. The number of rotatable bonds is 7. The van der Waals surface area contributed by atoms with Crippen LogP contribution in [0.15, 0.2) is 18.2 Å². The SMILES string of the molecule is CCCN(CCN(C)C)c1ccc(C(=O)O)cc1C#N. The average Bonchev–Trinajstić information content (AvgIpc) is 2.42. The van der Waals surface area contributed by atoms with Gasteiger partial charge in [-0.3, -0.25) is 0 Å². The second kappa shape index (κ2) is 7.51. The summed E-state index contributed by atoms with van der Waals surface area (Å²) in [6, 6.07) is 6.82. The summed E-state index contributed by atoms with van der Waals surface area (Å²) in [7, 11) is 4.01. The van der Waals surface area contributed by atoms with E-state index in [1.54, 1.807) is 12.1 Å². The van der Waals surface area contributed by atoms with Crippen LogP contribution in [0, 0.1) is 11.3 Å². The van der Waals surface area contributed by atoms with Crippen molar-refractivity contribution in [1.82, 2.24) is 4.90 Å². The number of hydrogen-bond acceptors (Lipinski definition) is 4. The number of nitrogens with zero attached hydrogens (tertiary/aromatic N) is 3. The molecule has 108 valence electrons. The van der Waals surface area contributed by atoms with Crippen molar-refractivity contribution in [2.24, 2.45) is 0 Å². The Bertz CT molecular complexity index is 506. The number of nitriles is 1. The van der Waals surface area contributed by atoms with E-state index in [-0.39, 0.29) is 5.56 Å². The lowest BCUT2D eigenvalue weighted by Crippen LogP contribution is -2.32. The van der Waals surface area contributed by atoms with Gasteiger partial charge in [0.1, 0.15) is 6.07 Å². The summed E-state index contributed by atoms with van der Waals surface area (Å²) in [5.41, 5.74) is 1.37. The first kappa shape index (κ1) is 16.0. The van der Waals surface area contributed by atoms with Gasteiger partial charge in [0, 0.05) is 19.6 Å². The maximum absolute atomic E-state index is 11.0. The van der Waals surface area contributed by atoms with Gasteiger partial charge >= 0.3 is 5.97 Å². The number of carboxylic acid groups (broad SMARTS) is 1. The van der Waals surface area contributed by atoms with E-state index in [9.17, 15) is 10.1 Å².